The van der Waals surface area contributed by atoms with Crippen molar-refractivity contribution in [2.45, 2.75) is 13.0 Å². The summed E-state index contributed by atoms with van der Waals surface area (Å²) in [4.78, 5) is 2.28. The zero-order valence-electron chi connectivity index (χ0n) is 11.0. The molecule has 0 N–H and O–H groups in total. The Morgan fingerprint density at radius 3 is 2.90 bits per heavy atom. The van der Waals surface area contributed by atoms with Crippen LogP contribution >= 0.6 is 15.9 Å². The smallest absolute Gasteiger partial charge is 0.142 e. The molecule has 0 fully saturated rings. The Balaban J connectivity index is 1.90. The number of halogens is 2. The fourth-order valence-corrected chi connectivity index (χ4v) is 2.89. The molecule has 2 nitrogen and oxygen atoms in total. The Morgan fingerprint density at radius 2 is 2.05 bits per heavy atom. The Hall–Kier alpha value is -1.55. The van der Waals surface area contributed by atoms with Gasteiger partial charge in [-0.15, -0.1) is 0 Å². The van der Waals surface area contributed by atoms with Crippen LogP contribution in [0.15, 0.2) is 46.9 Å². The lowest BCUT2D eigenvalue weighted by atomic mass is 10.2. The van der Waals surface area contributed by atoms with Crippen molar-refractivity contribution >= 4 is 21.6 Å². The molecule has 0 atom stereocenters. The van der Waals surface area contributed by atoms with Gasteiger partial charge in [-0.25, -0.2) is 4.39 Å². The second kappa shape index (κ2) is 5.83. The molecular weight excluding hydrogens is 321 g/mol. The van der Waals surface area contributed by atoms with E-state index >= 15 is 0 Å². The summed E-state index contributed by atoms with van der Waals surface area (Å²) in [6, 6.07) is 12.9. The Kier molecular flexibility index (Phi) is 3.92. The summed E-state index contributed by atoms with van der Waals surface area (Å²) >= 11 is 3.44. The van der Waals surface area contributed by atoms with Gasteiger partial charge < -0.3 is 9.64 Å². The molecule has 20 heavy (non-hydrogen) atoms. The maximum absolute atomic E-state index is 13.2. The molecule has 1 aliphatic rings. The molecule has 4 heteroatoms. The first kappa shape index (κ1) is 13.4. The lowest BCUT2D eigenvalue weighted by Crippen LogP contribution is -2.23. The molecule has 0 bridgehead atoms. The average molecular weight is 336 g/mol. The van der Waals surface area contributed by atoms with Gasteiger partial charge in [0.15, 0.2) is 0 Å². The normalized spacial score (nSPS) is 14.4. The van der Waals surface area contributed by atoms with E-state index in [0.29, 0.717) is 0 Å². The predicted molar refractivity (Wildman–Crippen MR) is 81.7 cm³/mol. The molecule has 0 unspecified atom stereocenters. The molecule has 3 rings (SSSR count). The van der Waals surface area contributed by atoms with E-state index in [1.165, 1.54) is 12.1 Å². The van der Waals surface area contributed by atoms with Crippen LogP contribution in [0.4, 0.5) is 10.1 Å². The molecule has 0 amide bonds. The number of ether oxygens (including phenoxy) is 1. The third-order valence-electron chi connectivity index (χ3n) is 3.41. The number of anilines is 1. The molecule has 1 heterocycles. The number of hydrogen-bond donors (Lipinski definition) is 0. The first-order chi connectivity index (χ1) is 9.74. The second-order valence-corrected chi connectivity index (χ2v) is 5.68. The standard InChI is InChI=1S/C16H15BrFNO/c17-14-10-13(18)7-6-12(14)11-19-8-3-9-20-16-5-2-1-4-15(16)19/h1-2,4-7,10H,3,8-9,11H2. The highest BCUT2D eigenvalue weighted by atomic mass is 79.9. The minimum Gasteiger partial charge on any atom is -0.491 e. The fourth-order valence-electron chi connectivity index (χ4n) is 2.42. The van der Waals surface area contributed by atoms with Crippen LogP contribution in [0.3, 0.4) is 0 Å². The highest BCUT2D eigenvalue weighted by molar-refractivity contribution is 9.10. The Bertz CT molecular complexity index is 617. The van der Waals surface area contributed by atoms with Crippen molar-refractivity contribution in [3.63, 3.8) is 0 Å². The predicted octanol–water partition coefficient (Wildman–Crippen LogP) is 4.38. The van der Waals surface area contributed by atoms with Crippen molar-refractivity contribution in [2.75, 3.05) is 18.1 Å². The van der Waals surface area contributed by atoms with E-state index < -0.39 is 0 Å². The summed E-state index contributed by atoms with van der Waals surface area (Å²) in [5, 5.41) is 0. The maximum Gasteiger partial charge on any atom is 0.142 e. The van der Waals surface area contributed by atoms with Crippen molar-refractivity contribution in [3.8, 4) is 5.75 Å². The molecule has 0 radical (unpaired) electrons. The van der Waals surface area contributed by atoms with Gasteiger partial charge in [0.1, 0.15) is 11.6 Å². The van der Waals surface area contributed by atoms with E-state index in [1.807, 2.05) is 24.3 Å². The number of nitrogens with zero attached hydrogens (tertiary/aromatic N) is 1. The van der Waals surface area contributed by atoms with Crippen LogP contribution in [-0.2, 0) is 6.54 Å². The quantitative estimate of drug-likeness (QED) is 0.807. The highest BCUT2D eigenvalue weighted by Crippen LogP contribution is 2.32. The van der Waals surface area contributed by atoms with Gasteiger partial charge in [0.05, 0.1) is 12.3 Å². The third-order valence-corrected chi connectivity index (χ3v) is 4.15. The lowest BCUT2D eigenvalue weighted by molar-refractivity contribution is 0.322. The average Bonchev–Trinajstić information content (AvgIpc) is 2.65. The first-order valence-corrected chi connectivity index (χ1v) is 7.44. The van der Waals surface area contributed by atoms with E-state index in [1.54, 1.807) is 0 Å². The van der Waals surface area contributed by atoms with Gasteiger partial charge in [0, 0.05) is 17.6 Å². The van der Waals surface area contributed by atoms with Gasteiger partial charge in [-0.1, -0.05) is 34.1 Å². The molecule has 0 aliphatic carbocycles. The lowest BCUT2D eigenvalue weighted by Gasteiger charge is -2.24. The summed E-state index contributed by atoms with van der Waals surface area (Å²) in [7, 11) is 0. The third kappa shape index (κ3) is 2.80. The number of benzene rings is 2. The SMILES string of the molecule is Fc1ccc(CN2CCCOc3ccccc32)c(Br)c1. The molecule has 1 aliphatic heterocycles. The number of rotatable bonds is 2. The summed E-state index contributed by atoms with van der Waals surface area (Å²) in [6.07, 6.45) is 0.980. The maximum atomic E-state index is 13.2. The zero-order chi connectivity index (χ0) is 13.9. The second-order valence-electron chi connectivity index (χ2n) is 4.83. The van der Waals surface area contributed by atoms with Gasteiger partial charge in [-0.05, 0) is 36.2 Å². The fraction of sp³-hybridized carbons (Fsp3) is 0.250. The van der Waals surface area contributed by atoms with Crippen LogP contribution in [0.25, 0.3) is 0 Å². The van der Waals surface area contributed by atoms with Crippen LogP contribution < -0.4 is 9.64 Å². The molecule has 0 saturated heterocycles. The van der Waals surface area contributed by atoms with Crippen LogP contribution in [-0.4, -0.2) is 13.2 Å². The van der Waals surface area contributed by atoms with Crippen molar-refractivity contribution in [3.05, 3.63) is 58.3 Å². The molecule has 2 aromatic rings. The van der Waals surface area contributed by atoms with Gasteiger partial charge >= 0.3 is 0 Å². The molecule has 104 valence electrons. The van der Waals surface area contributed by atoms with Crippen LogP contribution in [0.5, 0.6) is 5.75 Å². The number of hydrogen-bond acceptors (Lipinski definition) is 2. The topological polar surface area (TPSA) is 12.5 Å². The van der Waals surface area contributed by atoms with E-state index in [9.17, 15) is 4.39 Å². The minimum atomic E-state index is -0.222. The van der Waals surface area contributed by atoms with E-state index in [2.05, 4.69) is 26.9 Å². The minimum absolute atomic E-state index is 0.222. The van der Waals surface area contributed by atoms with Crippen LogP contribution in [0.2, 0.25) is 0 Å². The largest absolute Gasteiger partial charge is 0.491 e. The van der Waals surface area contributed by atoms with Crippen molar-refractivity contribution in [1.82, 2.24) is 0 Å². The summed E-state index contributed by atoms with van der Waals surface area (Å²) < 4.78 is 19.7. The summed E-state index contributed by atoms with van der Waals surface area (Å²) in [5.41, 5.74) is 2.17. The highest BCUT2D eigenvalue weighted by Gasteiger charge is 2.17. The molecule has 0 aromatic heterocycles. The first-order valence-electron chi connectivity index (χ1n) is 6.65. The number of para-hydroxylation sites is 2. The summed E-state index contributed by atoms with van der Waals surface area (Å²) in [6.45, 7) is 2.40. The monoisotopic (exact) mass is 335 g/mol. The van der Waals surface area contributed by atoms with Gasteiger partial charge in [-0.3, -0.25) is 0 Å². The summed E-state index contributed by atoms with van der Waals surface area (Å²) in [5.74, 6) is 0.698. The Morgan fingerprint density at radius 1 is 1.20 bits per heavy atom. The number of fused-ring (bicyclic) bond motifs is 1. The molecule has 0 spiro atoms. The molecular formula is C16H15BrFNO. The van der Waals surface area contributed by atoms with Gasteiger partial charge in [-0.2, -0.15) is 0 Å². The van der Waals surface area contributed by atoms with Gasteiger partial charge in [0.2, 0.25) is 0 Å². The van der Waals surface area contributed by atoms with E-state index in [4.69, 9.17) is 4.74 Å². The Labute approximate surface area is 126 Å². The molecule has 0 saturated carbocycles. The zero-order valence-corrected chi connectivity index (χ0v) is 12.6. The van der Waals surface area contributed by atoms with Crippen molar-refractivity contribution in [2.24, 2.45) is 0 Å². The van der Waals surface area contributed by atoms with Crippen LogP contribution in [0, 0.1) is 5.82 Å². The molecule has 2 aromatic carbocycles. The van der Waals surface area contributed by atoms with Gasteiger partial charge in [0.25, 0.3) is 0 Å². The van der Waals surface area contributed by atoms with E-state index in [-0.39, 0.29) is 5.82 Å². The van der Waals surface area contributed by atoms with E-state index in [0.717, 1.165) is 47.6 Å². The van der Waals surface area contributed by atoms with Crippen molar-refractivity contribution in [1.29, 1.82) is 0 Å². The van der Waals surface area contributed by atoms with Crippen LogP contribution in [0.1, 0.15) is 12.0 Å². The van der Waals surface area contributed by atoms with Crippen molar-refractivity contribution < 1.29 is 9.13 Å².